The van der Waals surface area contributed by atoms with Crippen LogP contribution in [-0.4, -0.2) is 20.2 Å². The summed E-state index contributed by atoms with van der Waals surface area (Å²) in [6.45, 7) is 2.08. The van der Waals surface area contributed by atoms with Crippen LogP contribution < -0.4 is 0 Å². The van der Waals surface area contributed by atoms with Gasteiger partial charge < -0.3 is 0 Å². The van der Waals surface area contributed by atoms with E-state index in [-0.39, 0.29) is 34.5 Å². The van der Waals surface area contributed by atoms with E-state index in [1.54, 1.807) is 6.07 Å². The summed E-state index contributed by atoms with van der Waals surface area (Å²) in [6.07, 6.45) is 3.13. The highest BCUT2D eigenvalue weighted by Gasteiger charge is 2.58. The summed E-state index contributed by atoms with van der Waals surface area (Å²) in [6, 6.07) is 9.22. The lowest BCUT2D eigenvalue weighted by atomic mass is 9.76. The Balaban J connectivity index is 1.69. The van der Waals surface area contributed by atoms with Crippen LogP contribution in [0.2, 0.25) is 0 Å². The molecule has 0 spiro atoms. The zero-order chi connectivity index (χ0) is 21.0. The smallest absolute Gasteiger partial charge is 0.177 e. The maximum Gasteiger partial charge on any atom is 0.177 e. The van der Waals surface area contributed by atoms with E-state index in [4.69, 9.17) is 5.26 Å². The van der Waals surface area contributed by atoms with Gasteiger partial charge in [0.05, 0.1) is 34.3 Å². The highest BCUT2D eigenvalue weighted by Crippen LogP contribution is 2.62. The molecule has 3 atom stereocenters. The first-order chi connectivity index (χ1) is 14.5. The van der Waals surface area contributed by atoms with Crippen LogP contribution in [0.15, 0.2) is 30.5 Å². The molecule has 8 heteroatoms. The second-order valence-corrected chi connectivity index (χ2v) is 7.71. The number of fused-ring (bicyclic) bond motifs is 5. The Kier molecular flexibility index (Phi) is 3.87. The molecule has 0 radical (unpaired) electrons. The predicted octanol–water partition coefficient (Wildman–Crippen LogP) is 3.77. The molecule has 5 rings (SSSR count). The van der Waals surface area contributed by atoms with Gasteiger partial charge in [0.25, 0.3) is 0 Å². The SMILES string of the molecule is CC1[C@H]2CC[C@]1(c1cnc(C#N)c(C#N)n1)c1nnc(-c3c(F)cccc3F)cc12. The van der Waals surface area contributed by atoms with Gasteiger partial charge in [0, 0.05) is 0 Å². The third-order valence-corrected chi connectivity index (χ3v) is 6.54. The number of halogens is 2. The lowest BCUT2D eigenvalue weighted by Crippen LogP contribution is -2.31. The minimum atomic E-state index is -0.688. The first-order valence-corrected chi connectivity index (χ1v) is 9.51. The molecule has 1 aromatic carbocycles. The van der Waals surface area contributed by atoms with E-state index in [0.717, 1.165) is 18.4 Å². The van der Waals surface area contributed by atoms with Gasteiger partial charge >= 0.3 is 0 Å². The molecule has 0 saturated heterocycles. The Morgan fingerprint density at radius 3 is 2.53 bits per heavy atom. The van der Waals surface area contributed by atoms with E-state index < -0.39 is 17.0 Å². The van der Waals surface area contributed by atoms with Gasteiger partial charge in [-0.3, -0.25) is 0 Å². The Morgan fingerprint density at radius 2 is 1.83 bits per heavy atom. The summed E-state index contributed by atoms with van der Waals surface area (Å²) in [5.41, 5.74) is 1.50. The Labute approximate surface area is 170 Å². The monoisotopic (exact) mass is 400 g/mol. The van der Waals surface area contributed by atoms with Crippen molar-refractivity contribution in [3.8, 4) is 23.4 Å². The molecule has 30 heavy (non-hydrogen) atoms. The molecule has 0 aliphatic heterocycles. The van der Waals surface area contributed by atoms with Crippen LogP contribution in [0.25, 0.3) is 11.3 Å². The highest BCUT2D eigenvalue weighted by molar-refractivity contribution is 5.63. The average molecular weight is 400 g/mol. The molecule has 6 nitrogen and oxygen atoms in total. The summed E-state index contributed by atoms with van der Waals surface area (Å²) in [7, 11) is 0. The van der Waals surface area contributed by atoms with Gasteiger partial charge in [-0.15, -0.1) is 5.10 Å². The lowest BCUT2D eigenvalue weighted by molar-refractivity contribution is 0.397. The fraction of sp³-hybridized carbons (Fsp3) is 0.273. The van der Waals surface area contributed by atoms with E-state index in [9.17, 15) is 14.0 Å². The molecule has 1 saturated carbocycles. The van der Waals surface area contributed by atoms with E-state index in [0.29, 0.717) is 11.4 Å². The molecule has 0 N–H and O–H groups in total. The number of nitriles is 2. The van der Waals surface area contributed by atoms with Crippen molar-refractivity contribution in [2.45, 2.75) is 31.1 Å². The van der Waals surface area contributed by atoms with Crippen molar-refractivity contribution in [1.82, 2.24) is 20.2 Å². The minimum Gasteiger partial charge on any atom is -0.241 e. The standard InChI is InChI=1S/C22H14F2N6/c1-11-12-5-6-22(11,19-10-27-17(8-25)18(9-26)28-19)21-13(12)7-16(29-30-21)20-14(23)3-2-4-15(20)24/h2-4,7,10-12H,5-6H2,1H3/t11?,12-,22+/m1/s1. The average Bonchev–Trinajstić information content (AvgIpc) is 3.22. The second kappa shape index (κ2) is 6.36. The third-order valence-electron chi connectivity index (χ3n) is 6.54. The number of hydrogen-bond acceptors (Lipinski definition) is 6. The quantitative estimate of drug-likeness (QED) is 0.649. The Morgan fingerprint density at radius 1 is 1.10 bits per heavy atom. The van der Waals surface area contributed by atoms with E-state index in [1.807, 2.05) is 12.1 Å². The topological polar surface area (TPSA) is 99.1 Å². The number of hydrogen-bond donors (Lipinski definition) is 0. The van der Waals surface area contributed by atoms with Crippen molar-refractivity contribution in [2.24, 2.45) is 5.92 Å². The van der Waals surface area contributed by atoms with Crippen LogP contribution in [0.4, 0.5) is 8.78 Å². The molecule has 1 fully saturated rings. The molecular formula is C22H14F2N6. The number of rotatable bonds is 2. The van der Waals surface area contributed by atoms with Crippen molar-refractivity contribution < 1.29 is 8.78 Å². The fourth-order valence-corrected chi connectivity index (χ4v) is 5.11. The molecule has 0 amide bonds. The van der Waals surface area contributed by atoms with Crippen LogP contribution in [0.5, 0.6) is 0 Å². The summed E-state index contributed by atoms with van der Waals surface area (Å²) in [4.78, 5) is 8.56. The number of aromatic nitrogens is 4. The van der Waals surface area contributed by atoms with Gasteiger partial charge in [-0.1, -0.05) is 13.0 Å². The molecule has 1 unspecified atom stereocenters. The first kappa shape index (κ1) is 18.3. The molecule has 3 aromatic rings. The van der Waals surface area contributed by atoms with E-state index >= 15 is 0 Å². The zero-order valence-corrected chi connectivity index (χ0v) is 15.9. The van der Waals surface area contributed by atoms with Crippen molar-refractivity contribution >= 4 is 0 Å². The van der Waals surface area contributed by atoms with Crippen molar-refractivity contribution in [3.05, 3.63) is 70.4 Å². The van der Waals surface area contributed by atoms with Crippen molar-refractivity contribution in [2.75, 3.05) is 0 Å². The van der Waals surface area contributed by atoms with Crippen molar-refractivity contribution in [3.63, 3.8) is 0 Å². The lowest BCUT2D eigenvalue weighted by Gasteiger charge is -2.29. The van der Waals surface area contributed by atoms with Crippen LogP contribution >= 0.6 is 0 Å². The van der Waals surface area contributed by atoms with Crippen LogP contribution in [-0.2, 0) is 5.41 Å². The van der Waals surface area contributed by atoms with Gasteiger partial charge in [-0.2, -0.15) is 15.6 Å². The minimum absolute atomic E-state index is 0.0190. The molecule has 2 aliphatic rings. The second-order valence-electron chi connectivity index (χ2n) is 7.71. The molecule has 2 aromatic heterocycles. The largest absolute Gasteiger partial charge is 0.241 e. The number of benzene rings is 1. The maximum atomic E-state index is 14.3. The highest BCUT2D eigenvalue weighted by atomic mass is 19.1. The fourth-order valence-electron chi connectivity index (χ4n) is 5.11. The Hall–Kier alpha value is -3.78. The summed E-state index contributed by atoms with van der Waals surface area (Å²) in [5, 5.41) is 27.0. The molecule has 2 bridgehead atoms. The number of nitrogens with zero attached hydrogens (tertiary/aromatic N) is 6. The Bertz CT molecular complexity index is 1270. The predicted molar refractivity (Wildman–Crippen MR) is 101 cm³/mol. The first-order valence-electron chi connectivity index (χ1n) is 9.51. The van der Waals surface area contributed by atoms with Gasteiger partial charge in [-0.05, 0) is 48.4 Å². The van der Waals surface area contributed by atoms with Crippen LogP contribution in [0.1, 0.15) is 54.0 Å². The normalized spacial score (nSPS) is 23.6. The molecule has 146 valence electrons. The van der Waals surface area contributed by atoms with Gasteiger partial charge in [0.15, 0.2) is 11.4 Å². The molecule has 2 aliphatic carbocycles. The van der Waals surface area contributed by atoms with Crippen LogP contribution in [0.3, 0.4) is 0 Å². The van der Waals surface area contributed by atoms with Gasteiger partial charge in [0.1, 0.15) is 23.8 Å². The van der Waals surface area contributed by atoms with E-state index in [1.165, 1.54) is 24.4 Å². The third kappa shape index (κ3) is 2.25. The van der Waals surface area contributed by atoms with Gasteiger partial charge in [-0.25, -0.2) is 18.7 Å². The molecular weight excluding hydrogens is 386 g/mol. The zero-order valence-electron chi connectivity index (χ0n) is 15.9. The summed E-state index contributed by atoms with van der Waals surface area (Å²) >= 11 is 0. The van der Waals surface area contributed by atoms with E-state index in [2.05, 4.69) is 27.1 Å². The van der Waals surface area contributed by atoms with Crippen molar-refractivity contribution in [1.29, 1.82) is 10.5 Å². The van der Waals surface area contributed by atoms with Crippen LogP contribution in [0, 0.1) is 40.2 Å². The summed E-state index contributed by atoms with van der Waals surface area (Å²) in [5.74, 6) is -1.15. The maximum absolute atomic E-state index is 14.3. The summed E-state index contributed by atoms with van der Waals surface area (Å²) < 4.78 is 28.5. The molecule has 2 heterocycles. The van der Waals surface area contributed by atoms with Gasteiger partial charge in [0.2, 0.25) is 0 Å².